The van der Waals surface area contributed by atoms with Crippen molar-refractivity contribution in [2.75, 3.05) is 5.32 Å². The number of amides is 1. The van der Waals surface area contributed by atoms with E-state index in [1.807, 2.05) is 6.07 Å². The van der Waals surface area contributed by atoms with Crippen LogP contribution in [0.3, 0.4) is 0 Å². The van der Waals surface area contributed by atoms with Crippen LogP contribution in [0.2, 0.25) is 0 Å². The van der Waals surface area contributed by atoms with Crippen LogP contribution >= 0.6 is 0 Å². The minimum atomic E-state index is -0.922. The molecule has 0 radical (unpaired) electrons. The van der Waals surface area contributed by atoms with Gasteiger partial charge in [0.1, 0.15) is 6.61 Å². The molecule has 3 rings (SSSR count). The number of nitrogens with zero attached hydrogens (tertiary/aromatic N) is 1. The van der Waals surface area contributed by atoms with Crippen LogP contribution in [0.15, 0.2) is 42.6 Å². The fraction of sp³-hybridized carbons (Fsp3) is 0.368. The summed E-state index contributed by atoms with van der Waals surface area (Å²) in [4.78, 5) is 16.2. The monoisotopic (exact) mass is 344 g/mol. The van der Waals surface area contributed by atoms with Crippen LogP contribution in [0, 0.1) is 5.82 Å². The number of rotatable bonds is 6. The van der Waals surface area contributed by atoms with Crippen molar-refractivity contribution in [3.8, 4) is 5.75 Å². The number of nitrogens with one attached hydrogen (secondary N) is 1. The molecule has 1 saturated carbocycles. The number of carbonyl (C=O) groups excluding carboxylic acids is 1. The van der Waals surface area contributed by atoms with Gasteiger partial charge in [0.2, 0.25) is 5.91 Å². The van der Waals surface area contributed by atoms with Gasteiger partial charge in [-0.1, -0.05) is 18.9 Å². The summed E-state index contributed by atoms with van der Waals surface area (Å²) in [5, 5.41) is 12.9. The van der Waals surface area contributed by atoms with E-state index in [9.17, 15) is 14.3 Å². The quantitative estimate of drug-likeness (QED) is 0.842. The summed E-state index contributed by atoms with van der Waals surface area (Å²) in [6, 6.07) is 9.68. The number of anilines is 1. The Balaban J connectivity index is 1.56. The average Bonchev–Trinajstić information content (AvgIpc) is 3.01. The van der Waals surface area contributed by atoms with Crippen LogP contribution in [0.25, 0.3) is 0 Å². The largest absolute Gasteiger partial charge is 0.484 e. The predicted molar refractivity (Wildman–Crippen MR) is 91.6 cm³/mol. The lowest BCUT2D eigenvalue weighted by Crippen LogP contribution is -2.30. The maximum Gasteiger partial charge on any atom is 0.227 e. The molecule has 2 aromatic rings. The number of aromatic nitrogens is 1. The number of halogens is 1. The first-order chi connectivity index (χ1) is 12.0. The van der Waals surface area contributed by atoms with Crippen molar-refractivity contribution in [2.45, 2.75) is 44.3 Å². The van der Waals surface area contributed by atoms with Gasteiger partial charge in [-0.2, -0.15) is 0 Å². The summed E-state index contributed by atoms with van der Waals surface area (Å²) in [7, 11) is 0. The minimum absolute atomic E-state index is 0.0343. The van der Waals surface area contributed by atoms with Crippen LogP contribution in [0.1, 0.15) is 37.8 Å². The second-order valence-corrected chi connectivity index (χ2v) is 6.41. The summed E-state index contributed by atoms with van der Waals surface area (Å²) in [6.45, 7) is 0.163. The van der Waals surface area contributed by atoms with Crippen molar-refractivity contribution in [2.24, 2.45) is 0 Å². The van der Waals surface area contributed by atoms with Gasteiger partial charge in [0.25, 0.3) is 0 Å². The third-order valence-electron chi connectivity index (χ3n) is 4.34. The number of hydrogen-bond acceptors (Lipinski definition) is 4. The van der Waals surface area contributed by atoms with Crippen LogP contribution in [-0.4, -0.2) is 21.6 Å². The Kier molecular flexibility index (Phi) is 5.28. The molecule has 1 aromatic carbocycles. The van der Waals surface area contributed by atoms with Crippen LogP contribution in [0.4, 0.5) is 10.1 Å². The Hall–Kier alpha value is -2.47. The van der Waals surface area contributed by atoms with Crippen LogP contribution in [0.5, 0.6) is 5.75 Å². The molecule has 2 N–H and O–H groups in total. The fourth-order valence-electron chi connectivity index (χ4n) is 3.04. The molecular weight excluding hydrogens is 323 g/mol. The van der Waals surface area contributed by atoms with E-state index >= 15 is 0 Å². The number of carbonyl (C=O) groups is 1. The molecule has 0 atom stereocenters. The standard InChI is InChI=1S/C19H21FN2O3/c20-16-11-14(22-18(23)12-19(24)8-2-3-9-19)6-7-17(16)25-13-15-5-1-4-10-21-15/h1,4-7,10-11,24H,2-3,8-9,12-13H2,(H,22,23). The highest BCUT2D eigenvalue weighted by Gasteiger charge is 2.33. The van der Waals surface area contributed by atoms with Gasteiger partial charge in [0.05, 0.1) is 17.7 Å². The van der Waals surface area contributed by atoms with Crippen molar-refractivity contribution < 1.29 is 19.0 Å². The van der Waals surface area contributed by atoms with Crippen molar-refractivity contribution in [3.05, 3.63) is 54.1 Å². The third kappa shape index (κ3) is 4.76. The molecule has 1 fully saturated rings. The Bertz CT molecular complexity index is 731. The van der Waals surface area contributed by atoms with E-state index in [4.69, 9.17) is 4.74 Å². The smallest absolute Gasteiger partial charge is 0.227 e. The lowest BCUT2D eigenvalue weighted by atomic mass is 9.97. The molecule has 132 valence electrons. The van der Waals surface area contributed by atoms with Gasteiger partial charge >= 0.3 is 0 Å². The maximum absolute atomic E-state index is 14.1. The van der Waals surface area contributed by atoms with Gasteiger partial charge in [-0.25, -0.2) is 4.39 Å². The highest BCUT2D eigenvalue weighted by atomic mass is 19.1. The zero-order valence-electron chi connectivity index (χ0n) is 13.9. The Morgan fingerprint density at radius 2 is 2.08 bits per heavy atom. The molecule has 5 nitrogen and oxygen atoms in total. The summed E-state index contributed by atoms with van der Waals surface area (Å²) < 4.78 is 19.6. The van der Waals surface area contributed by atoms with Gasteiger partial charge in [0.15, 0.2) is 11.6 Å². The number of pyridine rings is 1. The molecule has 1 aromatic heterocycles. The molecule has 0 spiro atoms. The molecular formula is C19H21FN2O3. The molecule has 0 saturated heterocycles. The minimum Gasteiger partial charge on any atom is -0.484 e. The molecule has 1 aliphatic rings. The average molecular weight is 344 g/mol. The number of benzene rings is 1. The second kappa shape index (κ2) is 7.61. The summed E-state index contributed by atoms with van der Waals surface area (Å²) in [5.74, 6) is -0.780. The second-order valence-electron chi connectivity index (χ2n) is 6.41. The van der Waals surface area contributed by atoms with Crippen molar-refractivity contribution >= 4 is 11.6 Å². The number of hydrogen-bond donors (Lipinski definition) is 2. The van der Waals surface area contributed by atoms with E-state index in [-0.39, 0.29) is 24.7 Å². The van der Waals surface area contributed by atoms with Gasteiger partial charge in [0, 0.05) is 18.0 Å². The molecule has 25 heavy (non-hydrogen) atoms. The highest BCUT2D eigenvalue weighted by molar-refractivity contribution is 5.91. The van der Waals surface area contributed by atoms with Crippen molar-refractivity contribution in [1.29, 1.82) is 0 Å². The van der Waals surface area contributed by atoms with E-state index in [2.05, 4.69) is 10.3 Å². The van der Waals surface area contributed by atoms with Gasteiger partial charge in [-0.05, 0) is 37.1 Å². The van der Waals surface area contributed by atoms with Gasteiger partial charge in [-0.3, -0.25) is 9.78 Å². The Morgan fingerprint density at radius 1 is 1.28 bits per heavy atom. The fourth-order valence-corrected chi connectivity index (χ4v) is 3.04. The van der Waals surface area contributed by atoms with Gasteiger partial charge in [-0.15, -0.1) is 0 Å². The molecule has 0 bridgehead atoms. The Morgan fingerprint density at radius 3 is 2.76 bits per heavy atom. The molecule has 0 aliphatic heterocycles. The predicted octanol–water partition coefficient (Wildman–Crippen LogP) is 3.43. The van der Waals surface area contributed by atoms with E-state index in [0.29, 0.717) is 24.2 Å². The SMILES string of the molecule is O=C(CC1(O)CCCC1)Nc1ccc(OCc2ccccn2)c(F)c1. The molecule has 0 unspecified atom stereocenters. The van der Waals surface area contributed by atoms with Gasteiger partial charge < -0.3 is 15.2 Å². The van der Waals surface area contributed by atoms with E-state index in [1.165, 1.54) is 12.1 Å². The van der Waals surface area contributed by atoms with E-state index < -0.39 is 11.4 Å². The lowest BCUT2D eigenvalue weighted by Gasteiger charge is -2.21. The Labute approximate surface area is 145 Å². The first-order valence-corrected chi connectivity index (χ1v) is 8.39. The summed E-state index contributed by atoms with van der Waals surface area (Å²) in [6.07, 6.45) is 4.81. The third-order valence-corrected chi connectivity index (χ3v) is 4.34. The maximum atomic E-state index is 14.1. The first-order valence-electron chi connectivity index (χ1n) is 8.39. The first kappa shape index (κ1) is 17.4. The van der Waals surface area contributed by atoms with E-state index in [1.54, 1.807) is 24.4 Å². The molecule has 6 heteroatoms. The summed E-state index contributed by atoms with van der Waals surface area (Å²) >= 11 is 0. The normalized spacial score (nSPS) is 15.8. The highest BCUT2D eigenvalue weighted by Crippen LogP contribution is 2.32. The molecule has 1 heterocycles. The van der Waals surface area contributed by atoms with Crippen LogP contribution < -0.4 is 10.1 Å². The summed E-state index contributed by atoms with van der Waals surface area (Å²) in [5.41, 5.74) is 0.118. The molecule has 1 aliphatic carbocycles. The van der Waals surface area contributed by atoms with Crippen molar-refractivity contribution in [3.63, 3.8) is 0 Å². The molecule has 1 amide bonds. The zero-order chi connectivity index (χ0) is 17.7. The van der Waals surface area contributed by atoms with E-state index in [0.717, 1.165) is 12.8 Å². The number of aliphatic hydroxyl groups is 1. The topological polar surface area (TPSA) is 71.5 Å². The lowest BCUT2D eigenvalue weighted by molar-refractivity contribution is -0.120. The zero-order valence-corrected chi connectivity index (χ0v) is 13.9. The number of ether oxygens (including phenoxy) is 1. The van der Waals surface area contributed by atoms with Crippen molar-refractivity contribution in [1.82, 2.24) is 4.98 Å². The van der Waals surface area contributed by atoms with Crippen LogP contribution in [-0.2, 0) is 11.4 Å².